The predicted octanol–water partition coefficient (Wildman–Crippen LogP) is 8.04. The molecule has 0 radical (unpaired) electrons. The highest BCUT2D eigenvalue weighted by Crippen LogP contribution is 2.37. The van der Waals surface area contributed by atoms with Crippen molar-refractivity contribution in [1.82, 2.24) is 4.90 Å². The fourth-order valence-electron chi connectivity index (χ4n) is 6.92. The number of amides is 3. The first-order chi connectivity index (χ1) is 21.5. The van der Waals surface area contributed by atoms with Gasteiger partial charge in [0.05, 0.1) is 0 Å². The standard InChI is InChI=1S/C21H26N2O3.C17H19NO/c1-21(2,3)26-20(25)23-12-10-14(11-13-23)15-6-4-8-17-16(15)7-5-9-18(17)19(22)24;18-17(19)16-11-5-9-14-13(8-4-10-15(14)16)12-6-2-1-3-7-12/h4-9,14H,10-13H2,1-3H3,(H2,22,24);4-5,8-12H,1-3,6-7H2,(H2,18,19). The van der Waals surface area contributed by atoms with Gasteiger partial charge in [-0.3, -0.25) is 9.59 Å². The van der Waals surface area contributed by atoms with E-state index in [1.54, 1.807) is 11.0 Å². The molecule has 7 heteroatoms. The van der Waals surface area contributed by atoms with Crippen LogP contribution < -0.4 is 11.5 Å². The molecule has 4 N–H and O–H groups in total. The minimum absolute atomic E-state index is 0.245. The predicted molar refractivity (Wildman–Crippen MR) is 181 cm³/mol. The lowest BCUT2D eigenvalue weighted by molar-refractivity contribution is 0.0205. The lowest BCUT2D eigenvalue weighted by Crippen LogP contribution is -2.41. The lowest BCUT2D eigenvalue weighted by atomic mass is 9.81. The maximum atomic E-state index is 12.2. The second-order valence-corrected chi connectivity index (χ2v) is 13.3. The monoisotopic (exact) mass is 607 g/mol. The number of likely N-dealkylation sites (tertiary alicyclic amines) is 1. The van der Waals surface area contributed by atoms with Gasteiger partial charge in [-0.1, -0.05) is 79.9 Å². The second-order valence-electron chi connectivity index (χ2n) is 13.3. The van der Waals surface area contributed by atoms with E-state index in [9.17, 15) is 14.4 Å². The van der Waals surface area contributed by atoms with Crippen LogP contribution in [-0.2, 0) is 4.74 Å². The lowest BCUT2D eigenvalue weighted by Gasteiger charge is -2.34. The number of benzene rings is 4. The summed E-state index contributed by atoms with van der Waals surface area (Å²) in [5, 5.41) is 4.16. The Labute approximate surface area is 265 Å². The van der Waals surface area contributed by atoms with E-state index in [1.165, 1.54) is 48.6 Å². The van der Waals surface area contributed by atoms with Crippen LogP contribution in [0.5, 0.6) is 0 Å². The molecule has 3 amide bonds. The number of fused-ring (bicyclic) bond motifs is 2. The summed E-state index contributed by atoms with van der Waals surface area (Å²) in [6.45, 7) is 6.98. The zero-order chi connectivity index (χ0) is 32.1. The third-order valence-corrected chi connectivity index (χ3v) is 9.07. The van der Waals surface area contributed by atoms with Crippen LogP contribution in [0.1, 0.15) is 109 Å². The van der Waals surface area contributed by atoms with Crippen LogP contribution in [0.2, 0.25) is 0 Å². The average Bonchev–Trinajstić information content (AvgIpc) is 3.03. The van der Waals surface area contributed by atoms with Crippen molar-refractivity contribution < 1.29 is 19.1 Å². The Morgan fingerprint density at radius 1 is 0.622 bits per heavy atom. The highest BCUT2D eigenvalue weighted by Gasteiger charge is 2.28. The molecule has 0 atom stereocenters. The molecule has 1 saturated carbocycles. The Kier molecular flexibility index (Phi) is 9.76. The zero-order valence-electron chi connectivity index (χ0n) is 26.7. The van der Waals surface area contributed by atoms with Gasteiger partial charge in [0.15, 0.2) is 0 Å². The molecule has 6 rings (SSSR count). The van der Waals surface area contributed by atoms with E-state index < -0.39 is 11.5 Å². The van der Waals surface area contributed by atoms with Crippen molar-refractivity contribution in [3.8, 4) is 0 Å². The van der Waals surface area contributed by atoms with Crippen LogP contribution in [0, 0.1) is 0 Å². The number of carbonyl (C=O) groups excluding carboxylic acids is 3. The summed E-state index contributed by atoms with van der Waals surface area (Å²) in [6, 6.07) is 23.8. The van der Waals surface area contributed by atoms with Crippen molar-refractivity contribution in [2.24, 2.45) is 11.5 Å². The van der Waals surface area contributed by atoms with Crippen LogP contribution in [-0.4, -0.2) is 41.5 Å². The van der Waals surface area contributed by atoms with E-state index in [1.807, 2.05) is 63.2 Å². The Morgan fingerprint density at radius 3 is 1.49 bits per heavy atom. The molecule has 2 fully saturated rings. The van der Waals surface area contributed by atoms with E-state index in [2.05, 4.69) is 24.3 Å². The molecule has 0 bridgehead atoms. The van der Waals surface area contributed by atoms with Crippen molar-refractivity contribution >= 4 is 39.5 Å². The highest BCUT2D eigenvalue weighted by molar-refractivity contribution is 6.08. The number of carbonyl (C=O) groups is 3. The van der Waals surface area contributed by atoms with Gasteiger partial charge < -0.3 is 21.1 Å². The highest BCUT2D eigenvalue weighted by atomic mass is 16.6. The summed E-state index contributed by atoms with van der Waals surface area (Å²) in [4.78, 5) is 37.2. The molecule has 0 spiro atoms. The molecule has 1 aliphatic carbocycles. The van der Waals surface area contributed by atoms with Gasteiger partial charge >= 0.3 is 6.09 Å². The Bertz CT molecular complexity index is 1690. The van der Waals surface area contributed by atoms with Crippen molar-refractivity contribution in [2.75, 3.05) is 13.1 Å². The van der Waals surface area contributed by atoms with E-state index in [0.717, 1.165) is 29.0 Å². The number of nitrogens with zero attached hydrogens (tertiary/aromatic N) is 1. The molecular formula is C38H45N3O4. The van der Waals surface area contributed by atoms with Crippen LogP contribution >= 0.6 is 0 Å². The van der Waals surface area contributed by atoms with Gasteiger partial charge in [0, 0.05) is 24.2 Å². The summed E-state index contributed by atoms with van der Waals surface area (Å²) < 4.78 is 5.47. The second kappa shape index (κ2) is 13.7. The van der Waals surface area contributed by atoms with Gasteiger partial charge in [-0.15, -0.1) is 0 Å². The molecule has 7 nitrogen and oxygen atoms in total. The Hall–Kier alpha value is -4.39. The summed E-state index contributed by atoms with van der Waals surface area (Å²) in [7, 11) is 0. The smallest absolute Gasteiger partial charge is 0.410 e. The van der Waals surface area contributed by atoms with Gasteiger partial charge in [0.25, 0.3) is 0 Å². The van der Waals surface area contributed by atoms with Crippen molar-refractivity contribution in [3.05, 3.63) is 95.1 Å². The fourth-order valence-corrected chi connectivity index (χ4v) is 6.92. The maximum absolute atomic E-state index is 12.2. The topological polar surface area (TPSA) is 116 Å². The Morgan fingerprint density at radius 2 is 1.04 bits per heavy atom. The minimum atomic E-state index is -0.477. The molecule has 1 aliphatic heterocycles. The molecule has 1 saturated heterocycles. The van der Waals surface area contributed by atoms with Gasteiger partial charge in [-0.25, -0.2) is 4.79 Å². The van der Waals surface area contributed by atoms with E-state index in [0.29, 0.717) is 36.1 Å². The fraction of sp³-hybridized carbons (Fsp3) is 0.395. The number of hydrogen-bond donors (Lipinski definition) is 2. The van der Waals surface area contributed by atoms with Crippen LogP contribution in [0.25, 0.3) is 21.5 Å². The number of primary amides is 2. The summed E-state index contributed by atoms with van der Waals surface area (Å²) in [6.07, 6.45) is 8.02. The van der Waals surface area contributed by atoms with Crippen LogP contribution in [0.4, 0.5) is 4.79 Å². The SMILES string of the molecule is CC(C)(C)OC(=O)N1CCC(c2cccc3c(C(N)=O)cccc23)CC1.NC(=O)c1cccc2c(C3CCCCC3)cccc12. The van der Waals surface area contributed by atoms with Crippen LogP contribution in [0.15, 0.2) is 72.8 Å². The summed E-state index contributed by atoms with van der Waals surface area (Å²) in [5.41, 5.74) is 14.3. The minimum Gasteiger partial charge on any atom is -0.444 e. The first-order valence-corrected chi connectivity index (χ1v) is 16.1. The van der Waals surface area contributed by atoms with Gasteiger partial charge in [-0.05, 0) is 103 Å². The number of nitrogens with two attached hydrogens (primary N) is 2. The van der Waals surface area contributed by atoms with Gasteiger partial charge in [-0.2, -0.15) is 0 Å². The van der Waals surface area contributed by atoms with E-state index >= 15 is 0 Å². The van der Waals surface area contributed by atoms with E-state index in [-0.39, 0.29) is 12.0 Å². The third-order valence-electron chi connectivity index (χ3n) is 9.07. The number of piperidine rings is 1. The van der Waals surface area contributed by atoms with Crippen molar-refractivity contribution in [1.29, 1.82) is 0 Å². The number of ether oxygens (including phenoxy) is 1. The van der Waals surface area contributed by atoms with Gasteiger partial charge in [0.2, 0.25) is 11.8 Å². The molecular weight excluding hydrogens is 562 g/mol. The summed E-state index contributed by atoms with van der Waals surface area (Å²) in [5.74, 6) is 0.236. The van der Waals surface area contributed by atoms with Crippen molar-refractivity contribution in [3.63, 3.8) is 0 Å². The maximum Gasteiger partial charge on any atom is 0.410 e. The summed E-state index contributed by atoms with van der Waals surface area (Å²) >= 11 is 0. The van der Waals surface area contributed by atoms with Crippen LogP contribution in [0.3, 0.4) is 0 Å². The molecule has 4 aromatic rings. The molecule has 0 unspecified atom stereocenters. The molecule has 45 heavy (non-hydrogen) atoms. The molecule has 236 valence electrons. The number of rotatable bonds is 4. The third kappa shape index (κ3) is 7.47. The molecule has 1 heterocycles. The largest absolute Gasteiger partial charge is 0.444 e. The van der Waals surface area contributed by atoms with E-state index in [4.69, 9.17) is 16.2 Å². The average molecular weight is 608 g/mol. The number of hydrogen-bond acceptors (Lipinski definition) is 4. The first kappa shape index (κ1) is 32.0. The Balaban J connectivity index is 0.000000186. The molecule has 0 aromatic heterocycles. The van der Waals surface area contributed by atoms with Crippen molar-refractivity contribution in [2.45, 2.75) is 83.2 Å². The zero-order valence-corrected chi connectivity index (χ0v) is 26.7. The normalized spacial score (nSPS) is 16.2. The van der Waals surface area contributed by atoms with Gasteiger partial charge in [0.1, 0.15) is 5.60 Å². The molecule has 4 aromatic carbocycles. The molecule has 2 aliphatic rings. The first-order valence-electron chi connectivity index (χ1n) is 16.1. The quantitative estimate of drug-likeness (QED) is 0.244.